The monoisotopic (exact) mass is 436 g/mol. The Hall–Kier alpha value is -2.85. The third-order valence-electron chi connectivity index (χ3n) is 3.63. The number of halogens is 1. The molecule has 0 aliphatic heterocycles. The van der Waals surface area contributed by atoms with Crippen LogP contribution in [0.2, 0.25) is 5.02 Å². The van der Waals surface area contributed by atoms with E-state index in [0.29, 0.717) is 28.7 Å². The van der Waals surface area contributed by atoms with Crippen LogP contribution in [0.15, 0.2) is 44.5 Å². The summed E-state index contributed by atoms with van der Waals surface area (Å²) in [6.45, 7) is 3.43. The van der Waals surface area contributed by atoms with Gasteiger partial charge in [0.2, 0.25) is 5.89 Å². The van der Waals surface area contributed by atoms with Gasteiger partial charge in [-0.05, 0) is 37.6 Å². The summed E-state index contributed by atoms with van der Waals surface area (Å²) in [5, 5.41) is 14.8. The molecule has 0 bridgehead atoms. The molecule has 0 spiro atoms. The molecule has 1 atom stereocenters. The van der Waals surface area contributed by atoms with E-state index in [1.54, 1.807) is 44.2 Å². The summed E-state index contributed by atoms with van der Waals surface area (Å²) in [6, 6.07) is 8.48. The van der Waals surface area contributed by atoms with Crippen LogP contribution >= 0.6 is 23.4 Å². The molecule has 0 aliphatic carbocycles. The molecular formula is C18H17ClN4O5S. The van der Waals surface area contributed by atoms with E-state index in [1.807, 2.05) is 0 Å². The molecule has 3 aromatic rings. The van der Waals surface area contributed by atoms with E-state index in [4.69, 9.17) is 25.3 Å². The maximum atomic E-state index is 12.2. The first-order valence-electron chi connectivity index (χ1n) is 8.60. The van der Waals surface area contributed by atoms with Crippen LogP contribution in [-0.4, -0.2) is 39.1 Å². The number of hydrogen-bond donors (Lipinski definition) is 1. The average Bonchev–Trinajstić information content (AvgIpc) is 3.34. The lowest BCUT2D eigenvalue weighted by Gasteiger charge is -2.14. The number of rotatable bonds is 8. The van der Waals surface area contributed by atoms with Gasteiger partial charge >= 0.3 is 5.97 Å². The maximum absolute atomic E-state index is 12.2. The Labute approximate surface area is 175 Å². The van der Waals surface area contributed by atoms with Crippen LogP contribution in [0.3, 0.4) is 0 Å². The Morgan fingerprint density at radius 3 is 2.69 bits per heavy atom. The second-order valence-corrected chi connectivity index (χ2v) is 7.23. The molecule has 0 fully saturated rings. The Morgan fingerprint density at radius 2 is 2.03 bits per heavy atom. The molecule has 11 heteroatoms. The number of hydrogen-bond acceptors (Lipinski definition) is 9. The van der Waals surface area contributed by atoms with Gasteiger partial charge in [0.05, 0.1) is 0 Å². The Bertz CT molecular complexity index is 988. The maximum Gasteiger partial charge on any atom is 0.317 e. The molecule has 0 saturated heterocycles. The number of carbonyl (C=O) groups excluding carboxylic acids is 2. The van der Waals surface area contributed by atoms with Gasteiger partial charge in [0.15, 0.2) is 11.9 Å². The van der Waals surface area contributed by atoms with Gasteiger partial charge in [0.1, 0.15) is 11.5 Å². The largest absolute Gasteiger partial charge is 0.452 e. The fourth-order valence-electron chi connectivity index (χ4n) is 2.24. The zero-order valence-electron chi connectivity index (χ0n) is 15.5. The van der Waals surface area contributed by atoms with Gasteiger partial charge in [-0.25, -0.2) is 0 Å². The molecule has 29 heavy (non-hydrogen) atoms. The van der Waals surface area contributed by atoms with Crippen molar-refractivity contribution in [1.29, 1.82) is 0 Å². The normalized spacial score (nSPS) is 11.8. The van der Waals surface area contributed by atoms with E-state index in [0.717, 1.165) is 11.8 Å². The Balaban J connectivity index is 1.50. The Morgan fingerprint density at radius 1 is 1.28 bits per heavy atom. The summed E-state index contributed by atoms with van der Waals surface area (Å²) in [6.07, 6.45) is -0.646. The third kappa shape index (κ3) is 5.81. The standard InChI is InChI=1S/C18H17ClN4O5S/c1-3-13(16(25)20-14-8-10(2)28-23-14)26-15(24)9-29-18-22-21-17(27-18)11-4-6-12(19)7-5-11/h4-8,13H,3,9H2,1-2H3,(H,20,23,25)/t13-/m0/s1. The van der Waals surface area contributed by atoms with Crippen LogP contribution in [0.4, 0.5) is 5.82 Å². The van der Waals surface area contributed by atoms with Crippen molar-refractivity contribution in [3.05, 3.63) is 41.1 Å². The number of esters is 1. The van der Waals surface area contributed by atoms with E-state index in [-0.39, 0.29) is 16.8 Å². The number of nitrogens with one attached hydrogen (secondary N) is 1. The number of ether oxygens (including phenoxy) is 1. The predicted molar refractivity (Wildman–Crippen MR) is 106 cm³/mol. The fourth-order valence-corrected chi connectivity index (χ4v) is 2.92. The van der Waals surface area contributed by atoms with Crippen molar-refractivity contribution >= 4 is 41.1 Å². The smallest absolute Gasteiger partial charge is 0.317 e. The molecule has 9 nitrogen and oxygen atoms in total. The second kappa shape index (κ2) is 9.57. The van der Waals surface area contributed by atoms with E-state index < -0.39 is 18.0 Å². The minimum absolute atomic E-state index is 0.0882. The molecule has 0 radical (unpaired) electrons. The zero-order chi connectivity index (χ0) is 20.8. The van der Waals surface area contributed by atoms with Crippen molar-refractivity contribution in [3.8, 4) is 11.5 Å². The fraction of sp³-hybridized carbons (Fsp3) is 0.278. The molecule has 0 aliphatic rings. The lowest BCUT2D eigenvalue weighted by atomic mass is 10.2. The van der Waals surface area contributed by atoms with Crippen LogP contribution < -0.4 is 5.32 Å². The van der Waals surface area contributed by atoms with Crippen LogP contribution in [-0.2, 0) is 14.3 Å². The lowest BCUT2D eigenvalue weighted by molar-refractivity contribution is -0.151. The van der Waals surface area contributed by atoms with Gasteiger partial charge in [-0.3, -0.25) is 9.59 Å². The number of aryl methyl sites for hydroxylation is 1. The topological polar surface area (TPSA) is 120 Å². The van der Waals surface area contributed by atoms with Gasteiger partial charge in [-0.1, -0.05) is 35.4 Å². The molecule has 0 saturated carbocycles. The summed E-state index contributed by atoms with van der Waals surface area (Å²) < 4.78 is 15.6. The van der Waals surface area contributed by atoms with Gasteiger partial charge in [-0.2, -0.15) is 0 Å². The summed E-state index contributed by atoms with van der Waals surface area (Å²) in [5.74, 6) is -0.0289. The SMILES string of the molecule is CC[C@H](OC(=O)CSc1nnc(-c2ccc(Cl)cc2)o1)C(=O)Nc1cc(C)on1. The van der Waals surface area contributed by atoms with Crippen molar-refractivity contribution in [3.63, 3.8) is 0 Å². The number of amides is 1. The average molecular weight is 437 g/mol. The summed E-state index contributed by atoms with van der Waals surface area (Å²) in [7, 11) is 0. The zero-order valence-corrected chi connectivity index (χ0v) is 17.1. The van der Waals surface area contributed by atoms with E-state index in [9.17, 15) is 9.59 Å². The van der Waals surface area contributed by atoms with Crippen molar-refractivity contribution in [2.75, 3.05) is 11.1 Å². The molecule has 3 rings (SSSR count). The van der Waals surface area contributed by atoms with Crippen LogP contribution in [0, 0.1) is 6.92 Å². The number of thioether (sulfide) groups is 1. The first kappa shape index (κ1) is 20.9. The molecule has 2 aromatic heterocycles. The van der Waals surface area contributed by atoms with Crippen molar-refractivity contribution < 1.29 is 23.3 Å². The summed E-state index contributed by atoms with van der Waals surface area (Å²) in [5.41, 5.74) is 0.710. The first-order valence-corrected chi connectivity index (χ1v) is 9.97. The Kier molecular flexibility index (Phi) is 6.89. The summed E-state index contributed by atoms with van der Waals surface area (Å²) >= 11 is 6.87. The summed E-state index contributed by atoms with van der Waals surface area (Å²) in [4.78, 5) is 24.3. The molecule has 1 N–H and O–H groups in total. The number of carbonyl (C=O) groups is 2. The molecule has 1 amide bonds. The van der Waals surface area contributed by atoms with Crippen molar-refractivity contribution in [2.45, 2.75) is 31.6 Å². The number of benzene rings is 1. The highest BCUT2D eigenvalue weighted by Gasteiger charge is 2.23. The van der Waals surface area contributed by atoms with Crippen molar-refractivity contribution in [2.24, 2.45) is 0 Å². The molecule has 0 unspecified atom stereocenters. The van der Waals surface area contributed by atoms with Crippen molar-refractivity contribution in [1.82, 2.24) is 15.4 Å². The van der Waals surface area contributed by atoms with Crippen LogP contribution in [0.1, 0.15) is 19.1 Å². The molecule has 152 valence electrons. The predicted octanol–water partition coefficient (Wildman–Crippen LogP) is 3.74. The van der Waals surface area contributed by atoms with E-state index in [1.165, 1.54) is 0 Å². The third-order valence-corrected chi connectivity index (χ3v) is 4.67. The highest BCUT2D eigenvalue weighted by molar-refractivity contribution is 7.99. The molecule has 1 aromatic carbocycles. The number of nitrogens with zero attached hydrogens (tertiary/aromatic N) is 3. The quantitative estimate of drug-likeness (QED) is 0.415. The first-order chi connectivity index (χ1) is 13.9. The minimum atomic E-state index is -0.951. The van der Waals surface area contributed by atoms with Gasteiger partial charge in [0.25, 0.3) is 11.1 Å². The molecular weight excluding hydrogens is 420 g/mol. The van der Waals surface area contributed by atoms with Gasteiger partial charge < -0.3 is 19.0 Å². The molecule has 2 heterocycles. The number of aromatic nitrogens is 3. The van der Waals surface area contributed by atoms with E-state index >= 15 is 0 Å². The number of anilines is 1. The van der Waals surface area contributed by atoms with Gasteiger partial charge in [0, 0.05) is 16.7 Å². The van der Waals surface area contributed by atoms with Crippen LogP contribution in [0.25, 0.3) is 11.5 Å². The highest BCUT2D eigenvalue weighted by Crippen LogP contribution is 2.24. The lowest BCUT2D eigenvalue weighted by Crippen LogP contribution is -2.32. The van der Waals surface area contributed by atoms with Crippen LogP contribution in [0.5, 0.6) is 0 Å². The van der Waals surface area contributed by atoms with Gasteiger partial charge in [-0.15, -0.1) is 10.2 Å². The van der Waals surface area contributed by atoms with E-state index in [2.05, 4.69) is 20.7 Å². The second-order valence-electron chi connectivity index (χ2n) is 5.87. The highest BCUT2D eigenvalue weighted by atomic mass is 35.5. The minimum Gasteiger partial charge on any atom is -0.452 e.